The molecule has 0 aromatic heterocycles. The number of hydrogen-bond donors (Lipinski definition) is 0. The zero-order valence-electron chi connectivity index (χ0n) is 14.2. The molecule has 3 nitrogen and oxygen atoms in total. The lowest BCUT2D eigenvalue weighted by Crippen LogP contribution is -2.35. The Kier molecular flexibility index (Phi) is 6.78. The molecule has 3 heteroatoms. The van der Waals surface area contributed by atoms with E-state index in [4.69, 9.17) is 9.47 Å². The first-order valence-electron chi connectivity index (χ1n) is 8.39. The van der Waals surface area contributed by atoms with E-state index in [1.807, 2.05) is 25.1 Å². The summed E-state index contributed by atoms with van der Waals surface area (Å²) >= 11 is 0. The Balaban J connectivity index is 1.78. The highest BCUT2D eigenvalue weighted by Gasteiger charge is 2.15. The van der Waals surface area contributed by atoms with Crippen molar-refractivity contribution in [3.05, 3.63) is 29.8 Å². The van der Waals surface area contributed by atoms with Crippen molar-refractivity contribution in [1.82, 2.24) is 4.90 Å². The third-order valence-electron chi connectivity index (χ3n) is 4.16. The average Bonchev–Trinajstić information content (AvgIpc) is 2.53. The number of ether oxygens (including phenoxy) is 2. The molecule has 1 aliphatic heterocycles. The summed E-state index contributed by atoms with van der Waals surface area (Å²) in [5, 5.41) is 0. The van der Waals surface area contributed by atoms with Crippen molar-refractivity contribution >= 4 is 6.08 Å². The molecule has 1 aromatic carbocycles. The number of rotatable bonds is 7. The average molecular weight is 303 g/mol. The van der Waals surface area contributed by atoms with Crippen LogP contribution >= 0.6 is 0 Å². The van der Waals surface area contributed by atoms with Gasteiger partial charge in [-0.3, -0.25) is 0 Å². The largest absolute Gasteiger partial charge is 0.493 e. The van der Waals surface area contributed by atoms with Gasteiger partial charge in [-0.15, -0.1) is 0 Å². The van der Waals surface area contributed by atoms with Crippen LogP contribution in [0, 0.1) is 5.92 Å². The molecule has 1 fully saturated rings. The van der Waals surface area contributed by atoms with Gasteiger partial charge in [-0.2, -0.15) is 0 Å². The van der Waals surface area contributed by atoms with Gasteiger partial charge in [-0.25, -0.2) is 0 Å². The first-order valence-corrected chi connectivity index (χ1v) is 8.39. The Morgan fingerprint density at radius 3 is 2.91 bits per heavy atom. The van der Waals surface area contributed by atoms with Crippen LogP contribution in [0.25, 0.3) is 6.08 Å². The summed E-state index contributed by atoms with van der Waals surface area (Å²) in [6, 6.07) is 6.07. The molecule has 0 radical (unpaired) electrons. The Morgan fingerprint density at radius 2 is 2.18 bits per heavy atom. The zero-order valence-corrected chi connectivity index (χ0v) is 14.2. The molecule has 1 heterocycles. The zero-order chi connectivity index (χ0) is 15.8. The van der Waals surface area contributed by atoms with Gasteiger partial charge in [-0.05, 0) is 56.3 Å². The monoisotopic (exact) mass is 303 g/mol. The van der Waals surface area contributed by atoms with E-state index in [-0.39, 0.29) is 0 Å². The standard InChI is InChI=1S/C19H29NO2/c1-4-7-17-9-10-18(19(14-17)21-3)22-13-6-12-20-11-5-8-16(2)15-20/h4,7,9-10,14,16H,5-6,8,11-13,15H2,1-3H3/b7-4+/t16-/m1/s1. The van der Waals surface area contributed by atoms with Crippen LogP contribution in [-0.4, -0.2) is 38.3 Å². The summed E-state index contributed by atoms with van der Waals surface area (Å²) < 4.78 is 11.3. The van der Waals surface area contributed by atoms with Gasteiger partial charge in [0.1, 0.15) is 0 Å². The molecule has 2 rings (SSSR count). The predicted molar refractivity (Wildman–Crippen MR) is 92.7 cm³/mol. The van der Waals surface area contributed by atoms with Crippen molar-refractivity contribution in [1.29, 1.82) is 0 Å². The Labute approximate surface area is 134 Å². The molecular formula is C19H29NO2. The second-order valence-corrected chi connectivity index (χ2v) is 6.16. The van der Waals surface area contributed by atoms with Gasteiger partial charge in [0.05, 0.1) is 13.7 Å². The fourth-order valence-electron chi connectivity index (χ4n) is 3.06. The minimum absolute atomic E-state index is 0.740. The second-order valence-electron chi connectivity index (χ2n) is 6.16. The number of methoxy groups -OCH3 is 1. The van der Waals surface area contributed by atoms with Crippen LogP contribution in [0.15, 0.2) is 24.3 Å². The molecule has 1 aliphatic rings. The molecule has 0 unspecified atom stereocenters. The highest BCUT2D eigenvalue weighted by atomic mass is 16.5. The smallest absolute Gasteiger partial charge is 0.161 e. The maximum Gasteiger partial charge on any atom is 0.161 e. The van der Waals surface area contributed by atoms with E-state index < -0.39 is 0 Å². The molecule has 1 saturated heterocycles. The third-order valence-corrected chi connectivity index (χ3v) is 4.16. The number of piperidine rings is 1. The second kappa shape index (κ2) is 8.84. The van der Waals surface area contributed by atoms with Crippen LogP contribution < -0.4 is 9.47 Å². The molecule has 22 heavy (non-hydrogen) atoms. The van der Waals surface area contributed by atoms with E-state index in [1.54, 1.807) is 7.11 Å². The van der Waals surface area contributed by atoms with E-state index in [0.29, 0.717) is 0 Å². The third kappa shape index (κ3) is 5.06. The summed E-state index contributed by atoms with van der Waals surface area (Å²) in [6.45, 7) is 8.71. The summed E-state index contributed by atoms with van der Waals surface area (Å²) in [5.41, 5.74) is 1.13. The number of allylic oxidation sites excluding steroid dienone is 1. The van der Waals surface area contributed by atoms with E-state index in [1.165, 1.54) is 25.9 Å². The Hall–Kier alpha value is -1.48. The highest BCUT2D eigenvalue weighted by Crippen LogP contribution is 2.28. The maximum absolute atomic E-state index is 5.90. The van der Waals surface area contributed by atoms with Crippen molar-refractivity contribution in [2.75, 3.05) is 33.4 Å². The number of likely N-dealkylation sites (tertiary alicyclic amines) is 1. The summed E-state index contributed by atoms with van der Waals surface area (Å²) in [4.78, 5) is 2.56. The van der Waals surface area contributed by atoms with Crippen LogP contribution in [0.2, 0.25) is 0 Å². The van der Waals surface area contributed by atoms with E-state index >= 15 is 0 Å². The first kappa shape index (κ1) is 16.9. The minimum Gasteiger partial charge on any atom is -0.493 e. The van der Waals surface area contributed by atoms with Crippen molar-refractivity contribution in [2.45, 2.75) is 33.1 Å². The molecule has 0 bridgehead atoms. The molecule has 0 spiro atoms. The van der Waals surface area contributed by atoms with Gasteiger partial charge in [0.2, 0.25) is 0 Å². The molecule has 1 atom stereocenters. The van der Waals surface area contributed by atoms with Crippen molar-refractivity contribution in [3.63, 3.8) is 0 Å². The SMILES string of the molecule is C/C=C/c1ccc(OCCCN2CCC[C@@H](C)C2)c(OC)c1. The molecule has 122 valence electrons. The number of hydrogen-bond acceptors (Lipinski definition) is 3. The molecule has 0 amide bonds. The molecule has 0 aliphatic carbocycles. The Morgan fingerprint density at radius 1 is 1.32 bits per heavy atom. The molecule has 1 aromatic rings. The lowest BCUT2D eigenvalue weighted by Gasteiger charge is -2.30. The van der Waals surface area contributed by atoms with Crippen molar-refractivity contribution < 1.29 is 9.47 Å². The van der Waals surface area contributed by atoms with Gasteiger partial charge in [-0.1, -0.05) is 25.1 Å². The topological polar surface area (TPSA) is 21.7 Å². The molecule has 0 saturated carbocycles. The quantitative estimate of drug-likeness (QED) is 0.704. The van der Waals surface area contributed by atoms with Gasteiger partial charge >= 0.3 is 0 Å². The normalized spacial score (nSPS) is 19.5. The van der Waals surface area contributed by atoms with Crippen LogP contribution in [0.4, 0.5) is 0 Å². The van der Waals surface area contributed by atoms with Crippen LogP contribution in [-0.2, 0) is 0 Å². The number of benzene rings is 1. The first-order chi connectivity index (χ1) is 10.7. The van der Waals surface area contributed by atoms with Gasteiger partial charge < -0.3 is 14.4 Å². The van der Waals surface area contributed by atoms with Crippen LogP contribution in [0.1, 0.15) is 38.7 Å². The number of nitrogens with zero attached hydrogens (tertiary/aromatic N) is 1. The van der Waals surface area contributed by atoms with Crippen LogP contribution in [0.5, 0.6) is 11.5 Å². The lowest BCUT2D eigenvalue weighted by atomic mass is 10.0. The van der Waals surface area contributed by atoms with Crippen molar-refractivity contribution in [2.24, 2.45) is 5.92 Å². The lowest BCUT2D eigenvalue weighted by molar-refractivity contribution is 0.169. The van der Waals surface area contributed by atoms with Gasteiger partial charge in [0.15, 0.2) is 11.5 Å². The fourth-order valence-corrected chi connectivity index (χ4v) is 3.06. The maximum atomic E-state index is 5.90. The van der Waals surface area contributed by atoms with Gasteiger partial charge in [0, 0.05) is 13.1 Å². The summed E-state index contributed by atoms with van der Waals surface area (Å²) in [7, 11) is 1.69. The molecular weight excluding hydrogens is 274 g/mol. The van der Waals surface area contributed by atoms with E-state index in [0.717, 1.165) is 42.6 Å². The minimum atomic E-state index is 0.740. The fraction of sp³-hybridized carbons (Fsp3) is 0.579. The van der Waals surface area contributed by atoms with E-state index in [9.17, 15) is 0 Å². The van der Waals surface area contributed by atoms with E-state index in [2.05, 4.69) is 24.0 Å². The van der Waals surface area contributed by atoms with Crippen molar-refractivity contribution in [3.8, 4) is 11.5 Å². The molecule has 0 N–H and O–H groups in total. The summed E-state index contributed by atoms with van der Waals surface area (Å²) in [6.07, 6.45) is 7.86. The van der Waals surface area contributed by atoms with Gasteiger partial charge in [0.25, 0.3) is 0 Å². The summed E-state index contributed by atoms with van der Waals surface area (Å²) in [5.74, 6) is 2.49. The predicted octanol–water partition coefficient (Wildman–Crippen LogP) is 4.23. The highest BCUT2D eigenvalue weighted by molar-refractivity contribution is 5.55. The Bertz CT molecular complexity index is 484. The van der Waals surface area contributed by atoms with Crippen LogP contribution in [0.3, 0.4) is 0 Å².